The van der Waals surface area contributed by atoms with Crippen LogP contribution in [0.2, 0.25) is 0 Å². The lowest BCUT2D eigenvalue weighted by Gasteiger charge is -2.10. The van der Waals surface area contributed by atoms with Crippen molar-refractivity contribution in [2.75, 3.05) is 0 Å². The molecule has 0 radical (unpaired) electrons. The van der Waals surface area contributed by atoms with Crippen LogP contribution in [0.1, 0.15) is 24.6 Å². The van der Waals surface area contributed by atoms with Gasteiger partial charge in [-0.3, -0.25) is 0 Å². The maximum absolute atomic E-state index is 11.8. The summed E-state index contributed by atoms with van der Waals surface area (Å²) in [6.07, 6.45) is -5.22. The molecule has 0 aliphatic carbocycles. The van der Waals surface area contributed by atoms with Crippen molar-refractivity contribution in [2.45, 2.75) is 25.1 Å². The molecule has 1 rings (SSSR count). The van der Waals surface area contributed by atoms with E-state index in [1.54, 1.807) is 12.1 Å². The van der Waals surface area contributed by atoms with E-state index >= 15 is 0 Å². The van der Waals surface area contributed by atoms with Crippen molar-refractivity contribution < 1.29 is 17.6 Å². The molecule has 2 nitrogen and oxygen atoms in total. The first kappa shape index (κ1) is 11.6. The van der Waals surface area contributed by atoms with Gasteiger partial charge in [-0.25, -0.2) is 0 Å². The van der Waals surface area contributed by atoms with Crippen LogP contribution < -0.4 is 5.73 Å². The van der Waals surface area contributed by atoms with Gasteiger partial charge in [-0.2, -0.15) is 13.2 Å². The smallest absolute Gasteiger partial charge is 0.389 e. The Morgan fingerprint density at radius 2 is 2.07 bits per heavy atom. The normalized spacial score (nSPS) is 14.4. The van der Waals surface area contributed by atoms with Gasteiger partial charge in [-0.1, -0.05) is 0 Å². The standard InChI is InChI=1S/C8H9BrF3NO/c9-7-2-1-6(14-7)5(13)3-4-8(10,11)12/h1-2,5H,3-4,13H2/t5-/m0/s1. The highest BCUT2D eigenvalue weighted by Crippen LogP contribution is 2.27. The van der Waals surface area contributed by atoms with Crippen LogP contribution in [0.3, 0.4) is 0 Å². The number of rotatable bonds is 3. The van der Waals surface area contributed by atoms with E-state index in [1.807, 2.05) is 0 Å². The summed E-state index contributed by atoms with van der Waals surface area (Å²) in [5.41, 5.74) is 5.50. The number of nitrogens with two attached hydrogens (primary N) is 1. The van der Waals surface area contributed by atoms with Gasteiger partial charge in [0.1, 0.15) is 5.76 Å². The second-order valence-electron chi connectivity index (χ2n) is 2.90. The van der Waals surface area contributed by atoms with Crippen LogP contribution in [0.5, 0.6) is 0 Å². The van der Waals surface area contributed by atoms with Crippen LogP contribution in [0.4, 0.5) is 13.2 Å². The molecule has 1 atom stereocenters. The number of halogens is 4. The number of hydrogen-bond donors (Lipinski definition) is 1. The third-order valence-electron chi connectivity index (χ3n) is 1.70. The van der Waals surface area contributed by atoms with Crippen LogP contribution in [-0.2, 0) is 0 Å². The Labute approximate surface area is 87.4 Å². The average Bonchev–Trinajstić information content (AvgIpc) is 2.46. The zero-order valence-corrected chi connectivity index (χ0v) is 8.73. The van der Waals surface area contributed by atoms with E-state index in [4.69, 9.17) is 10.2 Å². The minimum Gasteiger partial charge on any atom is -0.453 e. The van der Waals surface area contributed by atoms with Crippen LogP contribution >= 0.6 is 15.9 Å². The molecule has 0 saturated heterocycles. The largest absolute Gasteiger partial charge is 0.453 e. The van der Waals surface area contributed by atoms with Crippen LogP contribution in [-0.4, -0.2) is 6.18 Å². The summed E-state index contributed by atoms with van der Waals surface area (Å²) in [5.74, 6) is 0.362. The summed E-state index contributed by atoms with van der Waals surface area (Å²) >= 11 is 3.05. The zero-order valence-electron chi connectivity index (χ0n) is 7.14. The highest BCUT2D eigenvalue weighted by molar-refractivity contribution is 9.10. The van der Waals surface area contributed by atoms with Gasteiger partial charge in [0.2, 0.25) is 0 Å². The Morgan fingerprint density at radius 1 is 1.43 bits per heavy atom. The molecule has 0 aliphatic rings. The summed E-state index contributed by atoms with van der Waals surface area (Å²) in [7, 11) is 0. The Balaban J connectivity index is 2.47. The second-order valence-corrected chi connectivity index (χ2v) is 3.68. The number of alkyl halides is 3. The van der Waals surface area contributed by atoms with E-state index in [2.05, 4.69) is 15.9 Å². The first-order chi connectivity index (χ1) is 6.38. The highest BCUT2D eigenvalue weighted by Gasteiger charge is 2.28. The summed E-state index contributed by atoms with van der Waals surface area (Å²) in [6.45, 7) is 0. The molecule has 1 aromatic rings. The molecule has 0 aliphatic heterocycles. The Bertz CT molecular complexity index is 297. The van der Waals surface area contributed by atoms with E-state index < -0.39 is 18.6 Å². The lowest BCUT2D eigenvalue weighted by molar-refractivity contribution is -0.136. The first-order valence-corrected chi connectivity index (χ1v) is 4.75. The third-order valence-corrected chi connectivity index (χ3v) is 2.12. The minimum atomic E-state index is -4.17. The zero-order chi connectivity index (χ0) is 10.8. The van der Waals surface area contributed by atoms with E-state index in [0.29, 0.717) is 10.4 Å². The van der Waals surface area contributed by atoms with Crippen LogP contribution in [0.25, 0.3) is 0 Å². The fourth-order valence-electron chi connectivity index (χ4n) is 0.989. The number of hydrogen-bond acceptors (Lipinski definition) is 2. The Morgan fingerprint density at radius 3 is 2.50 bits per heavy atom. The van der Waals surface area contributed by atoms with Gasteiger partial charge in [0.05, 0.1) is 6.04 Å². The fraction of sp³-hybridized carbons (Fsp3) is 0.500. The lowest BCUT2D eigenvalue weighted by Crippen LogP contribution is -2.15. The summed E-state index contributed by atoms with van der Waals surface area (Å²) in [4.78, 5) is 0. The molecule has 6 heteroatoms. The van der Waals surface area contributed by atoms with Crippen LogP contribution in [0.15, 0.2) is 21.2 Å². The van der Waals surface area contributed by atoms with Crippen molar-refractivity contribution in [1.29, 1.82) is 0 Å². The minimum absolute atomic E-state index is 0.163. The molecule has 2 N–H and O–H groups in total. The molecule has 0 amide bonds. The maximum Gasteiger partial charge on any atom is 0.389 e. The average molecular weight is 272 g/mol. The first-order valence-electron chi connectivity index (χ1n) is 3.96. The maximum atomic E-state index is 11.8. The molecule has 0 bridgehead atoms. The molecular formula is C8H9BrF3NO. The van der Waals surface area contributed by atoms with E-state index in [0.717, 1.165) is 0 Å². The predicted molar refractivity (Wildman–Crippen MR) is 48.6 cm³/mol. The van der Waals surface area contributed by atoms with Crippen molar-refractivity contribution in [3.05, 3.63) is 22.6 Å². The van der Waals surface area contributed by atoms with E-state index in [-0.39, 0.29) is 6.42 Å². The summed E-state index contributed by atoms with van der Waals surface area (Å²) in [6, 6.07) is 2.45. The molecule has 0 unspecified atom stereocenters. The Kier molecular flexibility index (Phi) is 3.60. The van der Waals surface area contributed by atoms with E-state index in [9.17, 15) is 13.2 Å². The number of furan rings is 1. The van der Waals surface area contributed by atoms with Crippen molar-refractivity contribution in [1.82, 2.24) is 0 Å². The van der Waals surface area contributed by atoms with Gasteiger partial charge in [-0.15, -0.1) is 0 Å². The highest BCUT2D eigenvalue weighted by atomic mass is 79.9. The van der Waals surface area contributed by atoms with E-state index in [1.165, 1.54) is 0 Å². The molecule has 0 aromatic carbocycles. The van der Waals surface area contributed by atoms with Gasteiger partial charge in [-0.05, 0) is 34.5 Å². The van der Waals surface area contributed by atoms with Gasteiger partial charge in [0.25, 0.3) is 0 Å². The molecule has 0 spiro atoms. The van der Waals surface area contributed by atoms with Gasteiger partial charge >= 0.3 is 6.18 Å². The van der Waals surface area contributed by atoms with Gasteiger partial charge < -0.3 is 10.2 Å². The quantitative estimate of drug-likeness (QED) is 0.916. The van der Waals surface area contributed by atoms with Gasteiger partial charge in [0.15, 0.2) is 4.67 Å². The molecular weight excluding hydrogens is 263 g/mol. The third kappa shape index (κ3) is 3.71. The predicted octanol–water partition coefficient (Wildman–Crippen LogP) is 3.38. The summed E-state index contributed by atoms with van der Waals surface area (Å²) < 4.78 is 41.0. The monoisotopic (exact) mass is 271 g/mol. The molecule has 0 saturated carbocycles. The lowest BCUT2D eigenvalue weighted by atomic mass is 10.1. The SMILES string of the molecule is N[C@@H](CCC(F)(F)F)c1ccc(Br)o1. The topological polar surface area (TPSA) is 39.2 Å². The van der Waals surface area contributed by atoms with Crippen LogP contribution in [0, 0.1) is 0 Å². The van der Waals surface area contributed by atoms with Gasteiger partial charge in [0, 0.05) is 6.42 Å². The molecule has 0 fully saturated rings. The molecule has 1 heterocycles. The second kappa shape index (κ2) is 4.35. The van der Waals surface area contributed by atoms with Crippen molar-refractivity contribution in [2.24, 2.45) is 5.73 Å². The summed E-state index contributed by atoms with van der Waals surface area (Å²) in [5, 5.41) is 0. The Hall–Kier alpha value is -0.490. The molecule has 80 valence electrons. The molecule has 1 aromatic heterocycles. The van der Waals surface area contributed by atoms with Crippen molar-refractivity contribution in [3.8, 4) is 0 Å². The van der Waals surface area contributed by atoms with Crippen molar-refractivity contribution >= 4 is 15.9 Å². The van der Waals surface area contributed by atoms with Crippen molar-refractivity contribution in [3.63, 3.8) is 0 Å². The molecule has 14 heavy (non-hydrogen) atoms. The fourth-order valence-corrected chi connectivity index (χ4v) is 1.31.